The molecule has 1 aliphatic heterocycles. The standard InChI is InChI=1S/C20H22Cl3N3O2/c1-28-18-6-5-14(21)12-17(18)25-7-9-26(10-8-25)20(27)16(24)11-13-3-2-4-15(22)19(13)23/h2-6,12,16H,7-11,24H2,1H3. The Kier molecular flexibility index (Phi) is 6.94. The summed E-state index contributed by atoms with van der Waals surface area (Å²) in [6, 6.07) is 10.2. The summed E-state index contributed by atoms with van der Waals surface area (Å²) in [6.07, 6.45) is 0.348. The van der Waals surface area contributed by atoms with E-state index in [0.717, 1.165) is 17.0 Å². The lowest BCUT2D eigenvalue weighted by molar-refractivity contribution is -0.132. The molecular weight excluding hydrogens is 421 g/mol. The van der Waals surface area contributed by atoms with Gasteiger partial charge in [-0.1, -0.05) is 46.9 Å². The molecule has 28 heavy (non-hydrogen) atoms. The third-order valence-corrected chi connectivity index (χ3v) is 5.95. The van der Waals surface area contributed by atoms with E-state index in [1.807, 2.05) is 18.2 Å². The molecule has 0 bridgehead atoms. The number of nitrogens with two attached hydrogens (primary N) is 1. The minimum Gasteiger partial charge on any atom is -0.495 e. The van der Waals surface area contributed by atoms with E-state index in [2.05, 4.69) is 4.90 Å². The molecule has 8 heteroatoms. The molecule has 0 radical (unpaired) electrons. The van der Waals surface area contributed by atoms with Crippen molar-refractivity contribution in [3.8, 4) is 5.75 Å². The number of hydrogen-bond donors (Lipinski definition) is 1. The van der Waals surface area contributed by atoms with Crippen LogP contribution in [0.5, 0.6) is 5.75 Å². The van der Waals surface area contributed by atoms with Gasteiger partial charge in [0, 0.05) is 31.2 Å². The van der Waals surface area contributed by atoms with Gasteiger partial charge in [-0.25, -0.2) is 0 Å². The molecule has 0 saturated carbocycles. The zero-order valence-corrected chi connectivity index (χ0v) is 17.8. The summed E-state index contributed by atoms with van der Waals surface area (Å²) in [5.74, 6) is 0.672. The van der Waals surface area contributed by atoms with Crippen LogP contribution in [0.15, 0.2) is 36.4 Å². The highest BCUT2D eigenvalue weighted by atomic mass is 35.5. The molecule has 2 aromatic rings. The van der Waals surface area contributed by atoms with Crippen molar-refractivity contribution in [1.82, 2.24) is 4.90 Å². The molecule has 3 rings (SSSR count). The van der Waals surface area contributed by atoms with Gasteiger partial charge in [0.05, 0.1) is 28.9 Å². The molecular formula is C20H22Cl3N3O2. The van der Waals surface area contributed by atoms with Crippen LogP contribution in [0.1, 0.15) is 5.56 Å². The minimum atomic E-state index is -0.664. The van der Waals surface area contributed by atoms with Crippen LogP contribution >= 0.6 is 34.8 Å². The predicted molar refractivity (Wildman–Crippen MR) is 115 cm³/mol. The van der Waals surface area contributed by atoms with Crippen molar-refractivity contribution in [1.29, 1.82) is 0 Å². The van der Waals surface area contributed by atoms with Crippen LogP contribution in [0.2, 0.25) is 15.1 Å². The van der Waals surface area contributed by atoms with Gasteiger partial charge in [0.25, 0.3) is 0 Å². The lowest BCUT2D eigenvalue weighted by atomic mass is 10.0. The van der Waals surface area contributed by atoms with Crippen LogP contribution in [0.3, 0.4) is 0 Å². The zero-order chi connectivity index (χ0) is 20.3. The fraction of sp³-hybridized carbons (Fsp3) is 0.350. The second kappa shape index (κ2) is 9.23. The molecule has 1 unspecified atom stereocenters. The maximum absolute atomic E-state index is 12.8. The van der Waals surface area contributed by atoms with E-state index in [1.165, 1.54) is 0 Å². The second-order valence-electron chi connectivity index (χ2n) is 6.65. The Morgan fingerprint density at radius 1 is 1.14 bits per heavy atom. The van der Waals surface area contributed by atoms with Crippen LogP contribution in [0.25, 0.3) is 0 Å². The zero-order valence-electron chi connectivity index (χ0n) is 15.5. The smallest absolute Gasteiger partial charge is 0.239 e. The van der Waals surface area contributed by atoms with Crippen LogP contribution in [-0.4, -0.2) is 50.1 Å². The number of carbonyl (C=O) groups is 1. The molecule has 0 aromatic heterocycles. The van der Waals surface area contributed by atoms with Gasteiger partial charge in [-0.15, -0.1) is 0 Å². The van der Waals surface area contributed by atoms with Crippen molar-refractivity contribution < 1.29 is 9.53 Å². The summed E-state index contributed by atoms with van der Waals surface area (Å²) in [6.45, 7) is 2.50. The summed E-state index contributed by atoms with van der Waals surface area (Å²) >= 11 is 18.4. The number of benzene rings is 2. The third kappa shape index (κ3) is 4.66. The quantitative estimate of drug-likeness (QED) is 0.763. The predicted octanol–water partition coefficient (Wildman–Crippen LogP) is 3.87. The fourth-order valence-electron chi connectivity index (χ4n) is 3.34. The maximum atomic E-state index is 12.8. The van der Waals surface area contributed by atoms with E-state index in [4.69, 9.17) is 45.3 Å². The number of carbonyl (C=O) groups excluding carboxylic acids is 1. The number of methoxy groups -OCH3 is 1. The van der Waals surface area contributed by atoms with E-state index in [-0.39, 0.29) is 5.91 Å². The van der Waals surface area contributed by atoms with Gasteiger partial charge in [-0.2, -0.15) is 0 Å². The van der Waals surface area contributed by atoms with Crippen molar-refractivity contribution in [3.05, 3.63) is 57.0 Å². The Morgan fingerprint density at radius 3 is 2.54 bits per heavy atom. The van der Waals surface area contributed by atoms with Crippen molar-refractivity contribution in [2.45, 2.75) is 12.5 Å². The Morgan fingerprint density at radius 2 is 1.86 bits per heavy atom. The molecule has 1 heterocycles. The van der Waals surface area contributed by atoms with E-state index in [9.17, 15) is 4.79 Å². The highest BCUT2D eigenvalue weighted by Crippen LogP contribution is 2.32. The van der Waals surface area contributed by atoms with E-state index in [0.29, 0.717) is 47.7 Å². The summed E-state index contributed by atoms with van der Waals surface area (Å²) in [5, 5.41) is 1.56. The maximum Gasteiger partial charge on any atom is 0.239 e. The Labute approximate surface area is 179 Å². The Balaban J connectivity index is 1.62. The number of rotatable bonds is 5. The Hall–Kier alpha value is -1.66. The lowest BCUT2D eigenvalue weighted by Gasteiger charge is -2.37. The molecule has 2 aromatic carbocycles. The SMILES string of the molecule is COc1ccc(Cl)cc1N1CCN(C(=O)C(N)Cc2cccc(Cl)c2Cl)CC1. The molecule has 150 valence electrons. The highest BCUT2D eigenvalue weighted by Gasteiger charge is 2.27. The van der Waals surface area contributed by atoms with Crippen LogP contribution in [-0.2, 0) is 11.2 Å². The first kappa shape index (κ1) is 21.1. The molecule has 0 aliphatic carbocycles. The van der Waals surface area contributed by atoms with Crippen molar-refractivity contribution in [2.24, 2.45) is 5.73 Å². The lowest BCUT2D eigenvalue weighted by Crippen LogP contribution is -2.53. The third-order valence-electron chi connectivity index (χ3n) is 4.86. The first-order valence-electron chi connectivity index (χ1n) is 8.96. The number of anilines is 1. The molecule has 1 aliphatic rings. The van der Waals surface area contributed by atoms with Crippen molar-refractivity contribution >= 4 is 46.4 Å². The summed E-state index contributed by atoms with van der Waals surface area (Å²) in [5.41, 5.74) is 7.87. The van der Waals surface area contributed by atoms with Crippen molar-refractivity contribution in [2.75, 3.05) is 38.2 Å². The van der Waals surface area contributed by atoms with Gasteiger partial charge in [0.2, 0.25) is 5.91 Å². The molecule has 1 atom stereocenters. The van der Waals surface area contributed by atoms with Gasteiger partial charge in [-0.3, -0.25) is 4.79 Å². The average Bonchev–Trinajstić information content (AvgIpc) is 2.71. The molecule has 1 saturated heterocycles. The van der Waals surface area contributed by atoms with Gasteiger partial charge in [0.1, 0.15) is 5.75 Å². The van der Waals surface area contributed by atoms with Gasteiger partial charge in [-0.05, 0) is 36.2 Å². The topological polar surface area (TPSA) is 58.8 Å². The van der Waals surface area contributed by atoms with E-state index >= 15 is 0 Å². The number of piperazine rings is 1. The van der Waals surface area contributed by atoms with Crippen molar-refractivity contribution in [3.63, 3.8) is 0 Å². The first-order valence-corrected chi connectivity index (χ1v) is 10.1. The number of amides is 1. The van der Waals surface area contributed by atoms with Crippen LogP contribution in [0.4, 0.5) is 5.69 Å². The van der Waals surface area contributed by atoms with Gasteiger partial charge >= 0.3 is 0 Å². The Bertz CT molecular complexity index is 855. The van der Waals surface area contributed by atoms with Crippen LogP contribution in [0, 0.1) is 0 Å². The highest BCUT2D eigenvalue weighted by molar-refractivity contribution is 6.42. The number of hydrogen-bond acceptors (Lipinski definition) is 4. The molecule has 1 amide bonds. The monoisotopic (exact) mass is 441 g/mol. The number of ether oxygens (including phenoxy) is 1. The molecule has 2 N–H and O–H groups in total. The van der Waals surface area contributed by atoms with E-state index < -0.39 is 6.04 Å². The second-order valence-corrected chi connectivity index (χ2v) is 7.87. The van der Waals surface area contributed by atoms with Gasteiger partial charge < -0.3 is 20.3 Å². The van der Waals surface area contributed by atoms with Gasteiger partial charge in [0.15, 0.2) is 0 Å². The average molecular weight is 443 g/mol. The first-order chi connectivity index (χ1) is 13.4. The molecule has 1 fully saturated rings. The summed E-state index contributed by atoms with van der Waals surface area (Å²) < 4.78 is 5.43. The molecule has 5 nitrogen and oxygen atoms in total. The summed E-state index contributed by atoms with van der Waals surface area (Å²) in [7, 11) is 1.63. The van der Waals surface area contributed by atoms with E-state index in [1.54, 1.807) is 30.2 Å². The fourth-order valence-corrected chi connectivity index (χ4v) is 3.91. The van der Waals surface area contributed by atoms with Crippen LogP contribution < -0.4 is 15.4 Å². The largest absolute Gasteiger partial charge is 0.495 e. The summed E-state index contributed by atoms with van der Waals surface area (Å²) in [4.78, 5) is 16.7. The normalized spacial score (nSPS) is 15.5. The minimum absolute atomic E-state index is 0.0891. The molecule has 0 spiro atoms. The number of nitrogens with zero attached hydrogens (tertiary/aromatic N) is 2. The number of halogens is 3.